The number of nitrogens with zero attached hydrogens (tertiary/aromatic N) is 1. The summed E-state index contributed by atoms with van der Waals surface area (Å²) in [5.41, 5.74) is 7.77. The van der Waals surface area contributed by atoms with Crippen molar-refractivity contribution in [1.82, 2.24) is 20.9 Å². The lowest BCUT2D eigenvalue weighted by molar-refractivity contribution is -0.143. The second kappa shape index (κ2) is 20.5. The van der Waals surface area contributed by atoms with Gasteiger partial charge in [0.25, 0.3) is 0 Å². The Hall–Kier alpha value is -5.37. The van der Waals surface area contributed by atoms with Crippen molar-refractivity contribution in [1.29, 1.82) is 0 Å². The maximum absolute atomic E-state index is 14.5. The minimum Gasteiger partial charge on any atom is -0.404 e. The van der Waals surface area contributed by atoms with Crippen LogP contribution in [0.2, 0.25) is 0 Å². The standard InChI is InChI=1S/C43H54N5O10P/c1-27(2)21-36(47-42(53)35(46-39(51)20-15-28-9-5-3-6-10-28)22-29-13-17-33(18-14-29)58-59(55,56)57)43(54)48-26-32-23-34(32)40(48)37(49)24-31(16-19-38(44)50)41(52)45-25-30-11-7-4-8-12-30/h3-14,17-18,27,31-32,34-36,40H,15-16,19-26H2,1-2H3,(H2,44,50)(H,45,52)(H,46,51)(H,47,53)(H2,55,56,57)/t31-,32?,34?,35+,36?,40+/m1/s1. The van der Waals surface area contributed by atoms with Crippen molar-refractivity contribution < 1.29 is 47.6 Å². The van der Waals surface area contributed by atoms with E-state index in [9.17, 15) is 43.1 Å². The van der Waals surface area contributed by atoms with Crippen molar-refractivity contribution >= 4 is 43.1 Å². The predicted molar refractivity (Wildman–Crippen MR) is 218 cm³/mol. The largest absolute Gasteiger partial charge is 0.524 e. The fourth-order valence-electron chi connectivity index (χ4n) is 7.64. The molecule has 6 atom stereocenters. The SMILES string of the molecule is CC(C)CC(NC(=O)[C@H](Cc1ccc(OP(=O)(O)O)cc1)NC(=O)CCc1ccccc1)C(=O)N1CC2CC2[C@H]1C(=O)C[C@@H](CCC(N)=O)C(=O)NCc1ccccc1. The first kappa shape index (κ1) is 44.7. The third-order valence-electron chi connectivity index (χ3n) is 10.7. The van der Waals surface area contributed by atoms with Gasteiger partial charge in [-0.15, -0.1) is 0 Å². The summed E-state index contributed by atoms with van der Waals surface area (Å²) in [5, 5.41) is 8.56. The number of hydrogen-bond acceptors (Lipinski definition) is 8. The first-order valence-corrected chi connectivity index (χ1v) is 21.5. The number of fused-ring (bicyclic) bond motifs is 1. The van der Waals surface area contributed by atoms with E-state index in [0.717, 1.165) is 17.5 Å². The van der Waals surface area contributed by atoms with Gasteiger partial charge in [0.05, 0.1) is 6.04 Å². The summed E-state index contributed by atoms with van der Waals surface area (Å²) in [4.78, 5) is 101. The van der Waals surface area contributed by atoms with Gasteiger partial charge in [-0.05, 0) is 72.3 Å². The highest BCUT2D eigenvalue weighted by Gasteiger charge is 2.57. The summed E-state index contributed by atoms with van der Waals surface area (Å²) in [5.74, 6) is -3.70. The third-order valence-corrected chi connectivity index (χ3v) is 11.1. The van der Waals surface area contributed by atoms with Crippen molar-refractivity contribution in [2.45, 2.75) is 89.9 Å². The smallest absolute Gasteiger partial charge is 0.404 e. The Morgan fingerprint density at radius 1 is 0.831 bits per heavy atom. The molecule has 7 N–H and O–H groups in total. The van der Waals surface area contributed by atoms with Crippen molar-refractivity contribution in [3.05, 3.63) is 102 Å². The molecule has 316 valence electrons. The Kier molecular flexibility index (Phi) is 15.6. The van der Waals surface area contributed by atoms with E-state index in [0.29, 0.717) is 18.5 Å². The highest BCUT2D eigenvalue weighted by atomic mass is 31.2. The van der Waals surface area contributed by atoms with E-state index in [2.05, 4.69) is 20.5 Å². The average Bonchev–Trinajstić information content (AvgIpc) is 3.85. The summed E-state index contributed by atoms with van der Waals surface area (Å²) in [6.45, 7) is 4.36. The molecule has 15 nitrogen and oxygen atoms in total. The van der Waals surface area contributed by atoms with E-state index in [1.165, 1.54) is 29.2 Å². The van der Waals surface area contributed by atoms with Crippen LogP contribution in [0.1, 0.15) is 69.1 Å². The number of likely N-dealkylation sites (tertiary alicyclic amines) is 1. The molecule has 3 aromatic carbocycles. The third kappa shape index (κ3) is 13.9. The number of hydrogen-bond donors (Lipinski definition) is 6. The average molecular weight is 832 g/mol. The summed E-state index contributed by atoms with van der Waals surface area (Å²) in [6.07, 6.45) is 1.27. The lowest BCUT2D eigenvalue weighted by Gasteiger charge is -2.32. The molecule has 3 unspecified atom stereocenters. The quantitative estimate of drug-likeness (QED) is 0.0809. The Morgan fingerprint density at radius 2 is 1.47 bits per heavy atom. The van der Waals surface area contributed by atoms with Gasteiger partial charge in [-0.3, -0.25) is 38.6 Å². The first-order valence-electron chi connectivity index (χ1n) is 20.0. The van der Waals surface area contributed by atoms with Gasteiger partial charge in [-0.1, -0.05) is 86.6 Å². The Morgan fingerprint density at radius 3 is 2.08 bits per heavy atom. The van der Waals surface area contributed by atoms with Crippen LogP contribution in [-0.4, -0.2) is 74.7 Å². The fraction of sp³-hybridized carbons (Fsp3) is 0.442. The van der Waals surface area contributed by atoms with Crippen LogP contribution in [0.4, 0.5) is 0 Å². The number of aryl methyl sites for hydroxylation is 1. The number of phosphoric acid groups is 1. The highest BCUT2D eigenvalue weighted by molar-refractivity contribution is 7.46. The van der Waals surface area contributed by atoms with E-state index >= 15 is 0 Å². The fourth-order valence-corrected chi connectivity index (χ4v) is 8.04. The van der Waals surface area contributed by atoms with Crippen LogP contribution >= 0.6 is 7.82 Å². The van der Waals surface area contributed by atoms with Gasteiger partial charge in [-0.25, -0.2) is 4.57 Å². The van der Waals surface area contributed by atoms with E-state index in [1.807, 2.05) is 74.5 Å². The maximum Gasteiger partial charge on any atom is 0.524 e. The van der Waals surface area contributed by atoms with Crippen molar-refractivity contribution in [2.24, 2.45) is 29.4 Å². The Balaban J connectivity index is 1.31. The number of rotatable bonds is 22. The van der Waals surface area contributed by atoms with Crippen molar-refractivity contribution in [2.75, 3.05) is 6.54 Å². The van der Waals surface area contributed by atoms with Gasteiger partial charge in [0, 0.05) is 44.7 Å². The number of nitrogens with two attached hydrogens (primary N) is 1. The van der Waals surface area contributed by atoms with Crippen LogP contribution in [0.5, 0.6) is 5.75 Å². The highest BCUT2D eigenvalue weighted by Crippen LogP contribution is 2.50. The number of ketones is 1. The number of carbonyl (C=O) groups is 6. The Bertz CT molecular complexity index is 1990. The lowest BCUT2D eigenvalue weighted by Crippen LogP contribution is -2.57. The summed E-state index contributed by atoms with van der Waals surface area (Å²) in [6, 6.07) is 21.4. The van der Waals surface area contributed by atoms with E-state index in [4.69, 9.17) is 5.73 Å². The molecule has 5 rings (SSSR count). The van der Waals surface area contributed by atoms with Crippen LogP contribution in [0, 0.1) is 23.7 Å². The summed E-state index contributed by atoms with van der Waals surface area (Å²) < 4.78 is 16.0. The van der Waals surface area contributed by atoms with Gasteiger partial charge < -0.3 is 31.1 Å². The Labute approximate surface area is 344 Å². The van der Waals surface area contributed by atoms with Gasteiger partial charge in [0.15, 0.2) is 5.78 Å². The minimum absolute atomic E-state index is 0.0182. The van der Waals surface area contributed by atoms with E-state index in [1.54, 1.807) is 0 Å². The zero-order chi connectivity index (χ0) is 42.7. The van der Waals surface area contributed by atoms with Gasteiger partial charge in [-0.2, -0.15) is 0 Å². The molecule has 0 aromatic heterocycles. The molecule has 1 aliphatic heterocycles. The molecule has 3 aromatic rings. The number of piperidine rings is 1. The topological polar surface area (TPSA) is 235 Å². The number of carbonyl (C=O) groups excluding carboxylic acids is 6. The second-order valence-corrected chi connectivity index (χ2v) is 17.1. The molecule has 5 amide bonds. The molecule has 16 heteroatoms. The van der Waals surface area contributed by atoms with Crippen LogP contribution < -0.4 is 26.2 Å². The number of nitrogens with one attached hydrogen (secondary N) is 3. The number of primary amides is 1. The van der Waals surface area contributed by atoms with E-state index < -0.39 is 61.4 Å². The molecular formula is C43H54N5O10P. The number of benzene rings is 3. The second-order valence-electron chi connectivity index (χ2n) is 15.9. The van der Waals surface area contributed by atoms with Gasteiger partial charge >= 0.3 is 7.82 Å². The molecule has 1 heterocycles. The molecule has 59 heavy (non-hydrogen) atoms. The molecule has 0 radical (unpaired) electrons. The van der Waals surface area contributed by atoms with Gasteiger partial charge in [0.1, 0.15) is 17.8 Å². The molecule has 2 fully saturated rings. The summed E-state index contributed by atoms with van der Waals surface area (Å²) >= 11 is 0. The van der Waals surface area contributed by atoms with Crippen LogP contribution in [0.3, 0.4) is 0 Å². The van der Waals surface area contributed by atoms with Crippen molar-refractivity contribution in [3.8, 4) is 5.75 Å². The molecule has 0 bridgehead atoms. The number of phosphoric ester groups is 1. The molecule has 1 saturated heterocycles. The van der Waals surface area contributed by atoms with Crippen LogP contribution in [-0.2, 0) is 52.7 Å². The molecule has 0 spiro atoms. The summed E-state index contributed by atoms with van der Waals surface area (Å²) in [7, 11) is -4.80. The number of amides is 5. The predicted octanol–water partition coefficient (Wildman–Crippen LogP) is 3.35. The molecule has 1 saturated carbocycles. The minimum atomic E-state index is -4.80. The molecule has 2 aliphatic rings. The molecular weight excluding hydrogens is 777 g/mol. The van der Waals surface area contributed by atoms with E-state index in [-0.39, 0.29) is 74.4 Å². The number of Topliss-reactive ketones (excluding diaryl/α,β-unsaturated/α-hetero) is 1. The zero-order valence-electron chi connectivity index (χ0n) is 33.3. The maximum atomic E-state index is 14.5. The lowest BCUT2D eigenvalue weighted by atomic mass is 9.91. The monoisotopic (exact) mass is 831 g/mol. The van der Waals surface area contributed by atoms with Crippen LogP contribution in [0.25, 0.3) is 0 Å². The van der Waals surface area contributed by atoms with Crippen molar-refractivity contribution in [3.63, 3.8) is 0 Å². The van der Waals surface area contributed by atoms with Gasteiger partial charge in [0.2, 0.25) is 29.5 Å². The zero-order valence-corrected chi connectivity index (χ0v) is 34.2. The van der Waals surface area contributed by atoms with Crippen LogP contribution in [0.15, 0.2) is 84.9 Å². The molecule has 1 aliphatic carbocycles. The first-order chi connectivity index (χ1) is 28.1. The normalized spacial score (nSPS) is 18.5.